The lowest BCUT2D eigenvalue weighted by molar-refractivity contribution is 0.221. The van der Waals surface area contributed by atoms with Crippen molar-refractivity contribution < 1.29 is 9.84 Å². The first-order valence-electron chi connectivity index (χ1n) is 3.93. The predicted octanol–water partition coefficient (Wildman–Crippen LogP) is 1.41. The van der Waals surface area contributed by atoms with Crippen LogP contribution in [0.4, 0.5) is 0 Å². The van der Waals surface area contributed by atoms with Crippen LogP contribution in [0.2, 0.25) is 5.15 Å². The smallest absolute Gasteiger partial charge is 0.155 e. The lowest BCUT2D eigenvalue weighted by atomic mass is 10.3. The summed E-state index contributed by atoms with van der Waals surface area (Å²) in [6, 6.07) is 1.54. The zero-order valence-corrected chi connectivity index (χ0v) is 8.25. The number of hydrogen-bond acceptors (Lipinski definition) is 4. The number of nitrogens with zero attached hydrogens (tertiary/aromatic N) is 2. The van der Waals surface area contributed by atoms with E-state index in [1.54, 1.807) is 6.07 Å². The molecule has 0 spiro atoms. The average molecular weight is 203 g/mol. The van der Waals surface area contributed by atoms with E-state index in [0.29, 0.717) is 11.4 Å². The van der Waals surface area contributed by atoms with E-state index < -0.39 is 0 Å². The van der Waals surface area contributed by atoms with Gasteiger partial charge in [-0.15, -0.1) is 10.2 Å². The summed E-state index contributed by atoms with van der Waals surface area (Å²) in [5, 5.41) is 16.4. The highest BCUT2D eigenvalue weighted by Gasteiger charge is 2.07. The van der Waals surface area contributed by atoms with Gasteiger partial charge in [-0.3, -0.25) is 0 Å². The average Bonchev–Trinajstić information content (AvgIpc) is 2.03. The van der Waals surface area contributed by atoms with E-state index in [9.17, 15) is 0 Å². The quantitative estimate of drug-likeness (QED) is 0.805. The normalized spacial score (nSPS) is 10.5. The first-order chi connectivity index (χ1) is 6.13. The Labute approximate surface area is 81.5 Å². The maximum Gasteiger partial charge on any atom is 0.155 e. The van der Waals surface area contributed by atoms with Gasteiger partial charge in [-0.25, -0.2) is 0 Å². The van der Waals surface area contributed by atoms with Gasteiger partial charge in [0.05, 0.1) is 12.7 Å². The SMILES string of the molecule is CC(C)Oc1cc(Cl)nnc1CO. The third-order valence-corrected chi connectivity index (χ3v) is 1.50. The van der Waals surface area contributed by atoms with Crippen molar-refractivity contribution >= 4 is 11.6 Å². The Hall–Kier alpha value is -0.870. The fraction of sp³-hybridized carbons (Fsp3) is 0.500. The highest BCUT2D eigenvalue weighted by molar-refractivity contribution is 6.29. The predicted molar refractivity (Wildman–Crippen MR) is 48.7 cm³/mol. The molecule has 0 saturated carbocycles. The van der Waals surface area contributed by atoms with E-state index in [4.69, 9.17) is 21.4 Å². The lowest BCUT2D eigenvalue weighted by Gasteiger charge is -2.11. The fourth-order valence-corrected chi connectivity index (χ4v) is 0.980. The minimum absolute atomic E-state index is 0.0190. The summed E-state index contributed by atoms with van der Waals surface area (Å²) in [7, 11) is 0. The number of rotatable bonds is 3. The highest BCUT2D eigenvalue weighted by atomic mass is 35.5. The van der Waals surface area contributed by atoms with Crippen LogP contribution in [0.1, 0.15) is 19.5 Å². The van der Waals surface area contributed by atoms with Gasteiger partial charge in [-0.2, -0.15) is 0 Å². The number of ether oxygens (including phenoxy) is 1. The van der Waals surface area contributed by atoms with Crippen molar-refractivity contribution in [3.63, 3.8) is 0 Å². The standard InChI is InChI=1S/C8H11ClN2O2/c1-5(2)13-7-3-8(9)11-10-6(7)4-12/h3,5,12H,4H2,1-2H3. The van der Waals surface area contributed by atoms with Crippen molar-refractivity contribution in [1.29, 1.82) is 0 Å². The first-order valence-corrected chi connectivity index (χ1v) is 4.31. The van der Waals surface area contributed by atoms with Crippen LogP contribution in [0, 0.1) is 0 Å². The number of hydrogen-bond donors (Lipinski definition) is 1. The van der Waals surface area contributed by atoms with Gasteiger partial charge in [-0.05, 0) is 13.8 Å². The summed E-state index contributed by atoms with van der Waals surface area (Å²) >= 11 is 5.62. The Bertz CT molecular complexity index is 291. The minimum Gasteiger partial charge on any atom is -0.489 e. The fourth-order valence-electron chi connectivity index (χ4n) is 0.843. The molecule has 5 heteroatoms. The molecule has 13 heavy (non-hydrogen) atoms. The van der Waals surface area contributed by atoms with Crippen LogP contribution in [0.25, 0.3) is 0 Å². The maximum absolute atomic E-state index is 8.90. The summed E-state index contributed by atoms with van der Waals surface area (Å²) < 4.78 is 5.37. The second-order valence-electron chi connectivity index (χ2n) is 2.80. The van der Waals surface area contributed by atoms with E-state index in [1.807, 2.05) is 13.8 Å². The largest absolute Gasteiger partial charge is 0.489 e. The Balaban J connectivity index is 2.94. The second-order valence-corrected chi connectivity index (χ2v) is 3.19. The molecule has 0 fully saturated rings. The third-order valence-electron chi connectivity index (χ3n) is 1.31. The van der Waals surface area contributed by atoms with Crippen LogP contribution in [0.3, 0.4) is 0 Å². The Kier molecular flexibility index (Phi) is 3.45. The summed E-state index contributed by atoms with van der Waals surface area (Å²) in [6.07, 6.45) is 0.0190. The molecule has 1 heterocycles. The molecule has 0 aliphatic heterocycles. The van der Waals surface area contributed by atoms with Gasteiger partial charge >= 0.3 is 0 Å². The van der Waals surface area contributed by atoms with Crippen molar-refractivity contribution in [2.75, 3.05) is 0 Å². The Morgan fingerprint density at radius 1 is 1.54 bits per heavy atom. The Morgan fingerprint density at radius 3 is 2.77 bits per heavy atom. The van der Waals surface area contributed by atoms with Gasteiger partial charge in [0.25, 0.3) is 0 Å². The lowest BCUT2D eigenvalue weighted by Crippen LogP contribution is -2.09. The monoisotopic (exact) mass is 202 g/mol. The summed E-state index contributed by atoms with van der Waals surface area (Å²) in [4.78, 5) is 0. The molecular weight excluding hydrogens is 192 g/mol. The molecule has 0 aromatic carbocycles. The van der Waals surface area contributed by atoms with E-state index >= 15 is 0 Å². The topological polar surface area (TPSA) is 55.2 Å². The van der Waals surface area contributed by atoms with Crippen LogP contribution in [-0.2, 0) is 6.61 Å². The summed E-state index contributed by atoms with van der Waals surface area (Å²) in [6.45, 7) is 3.57. The van der Waals surface area contributed by atoms with Gasteiger partial charge < -0.3 is 9.84 Å². The van der Waals surface area contributed by atoms with E-state index in [0.717, 1.165) is 0 Å². The number of aliphatic hydroxyl groups is 1. The maximum atomic E-state index is 8.90. The zero-order chi connectivity index (χ0) is 9.84. The molecule has 72 valence electrons. The van der Waals surface area contributed by atoms with Crippen LogP contribution < -0.4 is 4.74 Å². The van der Waals surface area contributed by atoms with Crippen LogP contribution in [0.15, 0.2) is 6.07 Å². The molecule has 0 bridgehead atoms. The minimum atomic E-state index is -0.202. The number of aliphatic hydroxyl groups excluding tert-OH is 1. The van der Waals surface area contributed by atoms with E-state index in [2.05, 4.69) is 10.2 Å². The van der Waals surface area contributed by atoms with Crippen LogP contribution in [0.5, 0.6) is 5.75 Å². The molecule has 0 radical (unpaired) electrons. The van der Waals surface area contributed by atoms with Gasteiger partial charge in [-0.1, -0.05) is 11.6 Å². The van der Waals surface area contributed by atoms with Gasteiger partial charge in [0, 0.05) is 6.07 Å². The van der Waals surface area contributed by atoms with Crippen LogP contribution >= 0.6 is 11.6 Å². The molecule has 0 atom stereocenters. The van der Waals surface area contributed by atoms with Gasteiger partial charge in [0.1, 0.15) is 11.4 Å². The second kappa shape index (κ2) is 4.39. The van der Waals surface area contributed by atoms with Gasteiger partial charge in [0.15, 0.2) is 5.15 Å². The summed E-state index contributed by atoms with van der Waals surface area (Å²) in [5.74, 6) is 0.484. The molecule has 1 aromatic heterocycles. The van der Waals surface area contributed by atoms with Crippen molar-refractivity contribution in [3.05, 3.63) is 16.9 Å². The molecule has 0 saturated heterocycles. The molecule has 0 amide bonds. The number of aromatic nitrogens is 2. The Morgan fingerprint density at radius 2 is 2.23 bits per heavy atom. The van der Waals surface area contributed by atoms with E-state index in [1.165, 1.54) is 0 Å². The molecule has 0 aliphatic carbocycles. The van der Waals surface area contributed by atoms with Crippen molar-refractivity contribution in [3.8, 4) is 5.75 Å². The molecule has 1 N–H and O–H groups in total. The molecule has 4 nitrogen and oxygen atoms in total. The molecule has 1 aromatic rings. The third kappa shape index (κ3) is 2.82. The first kappa shape index (κ1) is 10.2. The van der Waals surface area contributed by atoms with Crippen LogP contribution in [-0.4, -0.2) is 21.4 Å². The van der Waals surface area contributed by atoms with Crippen molar-refractivity contribution in [2.24, 2.45) is 0 Å². The molecule has 0 unspecified atom stereocenters. The van der Waals surface area contributed by atoms with Gasteiger partial charge in [0.2, 0.25) is 0 Å². The summed E-state index contributed by atoms with van der Waals surface area (Å²) in [5.41, 5.74) is 0.401. The van der Waals surface area contributed by atoms with Crippen molar-refractivity contribution in [2.45, 2.75) is 26.6 Å². The van der Waals surface area contributed by atoms with Crippen molar-refractivity contribution in [1.82, 2.24) is 10.2 Å². The van der Waals surface area contributed by atoms with E-state index in [-0.39, 0.29) is 17.9 Å². The number of halogens is 1. The molecule has 1 rings (SSSR count). The highest BCUT2D eigenvalue weighted by Crippen LogP contribution is 2.20. The molecular formula is C8H11ClN2O2. The zero-order valence-electron chi connectivity index (χ0n) is 7.49. The molecule has 0 aliphatic rings.